The van der Waals surface area contributed by atoms with Crippen LogP contribution in [0.3, 0.4) is 0 Å². The summed E-state index contributed by atoms with van der Waals surface area (Å²) in [5.41, 5.74) is 1.18. The minimum absolute atomic E-state index is 0.232. The van der Waals surface area contributed by atoms with Crippen LogP contribution >= 0.6 is 0 Å². The standard InChI is InChI=1S/C16H18BFN2O3/c1-15(2)16(3,4)23-17(22-15)10-5-12(18)14-13(6-10)20-9-19-7-11(20)8-21-14/h5-7,9H,8H2,1-4H3. The molecule has 0 saturated carbocycles. The minimum Gasteiger partial charge on any atom is -0.482 e. The molecule has 2 aliphatic rings. The smallest absolute Gasteiger partial charge is 0.482 e. The van der Waals surface area contributed by atoms with Gasteiger partial charge in [0.15, 0.2) is 11.6 Å². The zero-order valence-electron chi connectivity index (χ0n) is 13.6. The van der Waals surface area contributed by atoms with Gasteiger partial charge in [-0.3, -0.25) is 4.57 Å². The first-order valence-corrected chi connectivity index (χ1v) is 7.62. The van der Waals surface area contributed by atoms with Gasteiger partial charge in [-0.25, -0.2) is 9.37 Å². The van der Waals surface area contributed by atoms with E-state index in [1.807, 2.05) is 38.3 Å². The van der Waals surface area contributed by atoms with Crippen LogP contribution in [0.1, 0.15) is 33.4 Å². The Kier molecular flexibility index (Phi) is 2.93. The molecule has 4 rings (SSSR count). The van der Waals surface area contributed by atoms with E-state index in [0.29, 0.717) is 17.8 Å². The summed E-state index contributed by atoms with van der Waals surface area (Å²) in [7, 11) is -0.617. The molecule has 0 amide bonds. The van der Waals surface area contributed by atoms with Crippen LogP contribution in [0.4, 0.5) is 4.39 Å². The second-order valence-electron chi connectivity index (χ2n) is 6.98. The van der Waals surface area contributed by atoms with Crippen molar-refractivity contribution in [1.82, 2.24) is 9.55 Å². The van der Waals surface area contributed by atoms with Crippen LogP contribution < -0.4 is 10.2 Å². The number of nitrogens with zero attached hydrogens (tertiary/aromatic N) is 2. The van der Waals surface area contributed by atoms with Gasteiger partial charge in [0.25, 0.3) is 0 Å². The number of hydrogen-bond acceptors (Lipinski definition) is 4. The quantitative estimate of drug-likeness (QED) is 0.757. The number of fused-ring (bicyclic) bond motifs is 3. The molecule has 120 valence electrons. The Balaban J connectivity index is 1.79. The number of imidazole rings is 1. The zero-order valence-corrected chi connectivity index (χ0v) is 13.6. The molecule has 1 aromatic carbocycles. The fourth-order valence-electron chi connectivity index (χ4n) is 2.83. The first-order valence-electron chi connectivity index (χ1n) is 7.62. The van der Waals surface area contributed by atoms with E-state index in [1.54, 1.807) is 12.5 Å². The van der Waals surface area contributed by atoms with E-state index in [4.69, 9.17) is 14.0 Å². The van der Waals surface area contributed by atoms with Crippen molar-refractivity contribution in [2.24, 2.45) is 0 Å². The summed E-state index contributed by atoms with van der Waals surface area (Å²) in [5, 5.41) is 0. The maximum absolute atomic E-state index is 14.5. The van der Waals surface area contributed by atoms with Crippen LogP contribution in [0, 0.1) is 5.82 Å². The molecule has 1 aromatic heterocycles. The number of aromatic nitrogens is 2. The highest BCUT2D eigenvalue weighted by atomic mass is 19.1. The number of ether oxygens (including phenoxy) is 1. The molecule has 1 saturated heterocycles. The van der Waals surface area contributed by atoms with Crippen molar-refractivity contribution in [2.75, 3.05) is 0 Å². The molecule has 1 fully saturated rings. The van der Waals surface area contributed by atoms with Gasteiger partial charge in [-0.1, -0.05) is 0 Å². The predicted octanol–water partition coefficient (Wildman–Crippen LogP) is 2.20. The lowest BCUT2D eigenvalue weighted by Crippen LogP contribution is -2.41. The van der Waals surface area contributed by atoms with Crippen molar-refractivity contribution in [3.8, 4) is 11.4 Å². The number of halogens is 1. The summed E-state index contributed by atoms with van der Waals surface area (Å²) in [6.45, 7) is 8.19. The van der Waals surface area contributed by atoms with Crippen LogP contribution in [0.15, 0.2) is 24.7 Å². The minimum atomic E-state index is -0.617. The van der Waals surface area contributed by atoms with Crippen LogP contribution in [0.25, 0.3) is 5.69 Å². The highest BCUT2D eigenvalue weighted by Gasteiger charge is 2.52. The molecule has 3 heterocycles. The van der Waals surface area contributed by atoms with E-state index in [9.17, 15) is 4.39 Å². The molecular weight excluding hydrogens is 298 g/mol. The molecule has 0 radical (unpaired) electrons. The third-order valence-electron chi connectivity index (χ3n) is 4.91. The summed E-state index contributed by atoms with van der Waals surface area (Å²) in [4.78, 5) is 4.10. The largest absolute Gasteiger partial charge is 0.495 e. The van der Waals surface area contributed by atoms with Gasteiger partial charge in [-0.15, -0.1) is 0 Å². The fourth-order valence-corrected chi connectivity index (χ4v) is 2.83. The Bertz CT molecular complexity index is 772. The topological polar surface area (TPSA) is 45.5 Å². The molecule has 7 heteroatoms. The number of hydrogen-bond donors (Lipinski definition) is 0. The Morgan fingerprint density at radius 3 is 2.57 bits per heavy atom. The average molecular weight is 316 g/mol. The molecule has 0 spiro atoms. The monoisotopic (exact) mass is 316 g/mol. The van der Waals surface area contributed by atoms with Gasteiger partial charge in [0.2, 0.25) is 0 Å². The van der Waals surface area contributed by atoms with Crippen LogP contribution in [0.5, 0.6) is 5.75 Å². The van der Waals surface area contributed by atoms with Crippen molar-refractivity contribution >= 4 is 12.6 Å². The molecular formula is C16H18BFN2O3. The summed E-state index contributed by atoms with van der Waals surface area (Å²) < 4.78 is 33.9. The molecule has 0 unspecified atom stereocenters. The second kappa shape index (κ2) is 4.58. The average Bonchev–Trinajstić information content (AvgIpc) is 3.01. The molecule has 2 aliphatic heterocycles. The van der Waals surface area contributed by atoms with E-state index >= 15 is 0 Å². The fraction of sp³-hybridized carbons (Fsp3) is 0.438. The van der Waals surface area contributed by atoms with Gasteiger partial charge in [0.1, 0.15) is 6.61 Å². The van der Waals surface area contributed by atoms with E-state index in [1.165, 1.54) is 6.07 Å². The third kappa shape index (κ3) is 2.10. The molecule has 0 aliphatic carbocycles. The van der Waals surface area contributed by atoms with Crippen LogP contribution in [-0.4, -0.2) is 27.9 Å². The first kappa shape index (κ1) is 14.7. The summed E-state index contributed by atoms with van der Waals surface area (Å²) in [6.07, 6.45) is 3.37. The second-order valence-corrected chi connectivity index (χ2v) is 6.98. The van der Waals surface area contributed by atoms with Gasteiger partial charge in [-0.05, 0) is 45.3 Å². The summed E-state index contributed by atoms with van der Waals surface area (Å²) in [5.74, 6) is -0.192. The van der Waals surface area contributed by atoms with Crippen LogP contribution in [-0.2, 0) is 15.9 Å². The van der Waals surface area contributed by atoms with E-state index < -0.39 is 24.1 Å². The zero-order chi connectivity index (χ0) is 16.4. The van der Waals surface area contributed by atoms with Gasteiger partial charge >= 0.3 is 7.12 Å². The summed E-state index contributed by atoms with van der Waals surface area (Å²) >= 11 is 0. The normalized spacial score (nSPS) is 20.8. The Morgan fingerprint density at radius 1 is 1.17 bits per heavy atom. The Labute approximate surface area is 134 Å². The molecule has 23 heavy (non-hydrogen) atoms. The SMILES string of the molecule is CC1(C)OB(c2cc(F)c3c(c2)-n2cncc2CO3)OC1(C)C. The molecule has 0 N–H and O–H groups in total. The van der Waals surface area contributed by atoms with Gasteiger partial charge in [0.05, 0.1) is 35.1 Å². The summed E-state index contributed by atoms with van der Waals surface area (Å²) in [6, 6.07) is 3.26. The number of benzene rings is 1. The molecule has 0 bridgehead atoms. The molecule has 5 nitrogen and oxygen atoms in total. The van der Waals surface area contributed by atoms with Crippen molar-refractivity contribution in [3.63, 3.8) is 0 Å². The van der Waals surface area contributed by atoms with E-state index in [-0.39, 0.29) is 5.75 Å². The first-order chi connectivity index (χ1) is 10.8. The van der Waals surface area contributed by atoms with Crippen molar-refractivity contribution < 1.29 is 18.4 Å². The predicted molar refractivity (Wildman–Crippen MR) is 83.6 cm³/mol. The highest BCUT2D eigenvalue weighted by molar-refractivity contribution is 6.62. The Morgan fingerprint density at radius 2 is 1.87 bits per heavy atom. The lowest BCUT2D eigenvalue weighted by Gasteiger charge is -2.32. The number of rotatable bonds is 1. The highest BCUT2D eigenvalue weighted by Crippen LogP contribution is 2.38. The van der Waals surface area contributed by atoms with Gasteiger partial charge < -0.3 is 14.0 Å². The Hall–Kier alpha value is -1.86. The van der Waals surface area contributed by atoms with Crippen LogP contribution in [0.2, 0.25) is 0 Å². The lowest BCUT2D eigenvalue weighted by atomic mass is 9.78. The molecule has 2 aromatic rings. The van der Waals surface area contributed by atoms with Gasteiger partial charge in [0, 0.05) is 0 Å². The van der Waals surface area contributed by atoms with E-state index in [0.717, 1.165) is 5.69 Å². The van der Waals surface area contributed by atoms with E-state index in [2.05, 4.69) is 4.98 Å². The van der Waals surface area contributed by atoms with Gasteiger partial charge in [-0.2, -0.15) is 0 Å². The lowest BCUT2D eigenvalue weighted by molar-refractivity contribution is 0.00578. The molecule has 0 atom stereocenters. The maximum atomic E-state index is 14.5. The maximum Gasteiger partial charge on any atom is 0.495 e. The van der Waals surface area contributed by atoms with Crippen molar-refractivity contribution in [1.29, 1.82) is 0 Å². The third-order valence-corrected chi connectivity index (χ3v) is 4.91. The van der Waals surface area contributed by atoms with Crippen molar-refractivity contribution in [3.05, 3.63) is 36.2 Å². The van der Waals surface area contributed by atoms with Crippen molar-refractivity contribution in [2.45, 2.75) is 45.5 Å².